The van der Waals surface area contributed by atoms with Gasteiger partial charge >= 0.3 is 0 Å². The van der Waals surface area contributed by atoms with Crippen LogP contribution in [0.15, 0.2) is 42.5 Å². The number of carbonyl (C=O) groups excluding carboxylic acids is 4. The Kier molecular flexibility index (Phi) is 7.16. The zero-order valence-electron chi connectivity index (χ0n) is 25.1. The number of benzene rings is 2. The Labute approximate surface area is 257 Å². The van der Waals surface area contributed by atoms with E-state index in [1.807, 2.05) is 6.07 Å². The molecular weight excluding hydrogens is 556 g/mol. The average Bonchev–Trinajstić information content (AvgIpc) is 3.79. The van der Waals surface area contributed by atoms with Crippen LogP contribution in [0, 0.1) is 17.2 Å². The van der Waals surface area contributed by atoms with Crippen LogP contribution in [0.25, 0.3) is 0 Å². The number of nitriles is 1. The topological polar surface area (TPSA) is 117 Å². The van der Waals surface area contributed by atoms with Crippen molar-refractivity contribution < 1.29 is 19.2 Å². The maximum Gasteiger partial charge on any atom is 0.262 e. The molecule has 0 aromatic heterocycles. The summed E-state index contributed by atoms with van der Waals surface area (Å²) < 4.78 is 0. The molecule has 10 heteroatoms. The van der Waals surface area contributed by atoms with E-state index in [4.69, 9.17) is 0 Å². The molecule has 10 nitrogen and oxygen atoms in total. The van der Waals surface area contributed by atoms with Crippen molar-refractivity contribution >= 4 is 35.0 Å². The van der Waals surface area contributed by atoms with Gasteiger partial charge in [-0.2, -0.15) is 5.26 Å². The van der Waals surface area contributed by atoms with Gasteiger partial charge in [0.1, 0.15) is 6.04 Å². The summed E-state index contributed by atoms with van der Waals surface area (Å²) in [5.41, 5.74) is 3.70. The Balaban J connectivity index is 0.913. The molecule has 0 spiro atoms. The highest BCUT2D eigenvalue weighted by Gasteiger charge is 2.46. The zero-order valence-corrected chi connectivity index (χ0v) is 25.1. The number of nitrogens with zero attached hydrogens (tertiary/aromatic N) is 5. The second-order valence-corrected chi connectivity index (χ2v) is 13.0. The molecule has 2 aromatic carbocycles. The van der Waals surface area contributed by atoms with Gasteiger partial charge in [0.2, 0.25) is 11.8 Å². The van der Waals surface area contributed by atoms with Gasteiger partial charge in [-0.15, -0.1) is 0 Å². The first-order valence-electron chi connectivity index (χ1n) is 15.9. The lowest BCUT2D eigenvalue weighted by molar-refractivity contribution is -0.136. The van der Waals surface area contributed by atoms with Gasteiger partial charge in [0.15, 0.2) is 0 Å². The van der Waals surface area contributed by atoms with Crippen LogP contribution in [0.3, 0.4) is 0 Å². The Morgan fingerprint density at radius 2 is 1.66 bits per heavy atom. The van der Waals surface area contributed by atoms with Gasteiger partial charge < -0.3 is 9.80 Å². The van der Waals surface area contributed by atoms with Crippen LogP contribution >= 0.6 is 0 Å². The van der Waals surface area contributed by atoms with Crippen molar-refractivity contribution in [2.45, 2.75) is 62.9 Å². The van der Waals surface area contributed by atoms with E-state index in [9.17, 15) is 24.4 Å². The van der Waals surface area contributed by atoms with Gasteiger partial charge in [0.05, 0.1) is 22.6 Å². The minimum absolute atomic E-state index is 0.108. The molecule has 7 rings (SSSR count). The molecule has 3 saturated heterocycles. The number of piperidine rings is 2. The van der Waals surface area contributed by atoms with Gasteiger partial charge in [-0.3, -0.25) is 34.3 Å². The summed E-state index contributed by atoms with van der Waals surface area (Å²) in [4.78, 5) is 58.6. The van der Waals surface area contributed by atoms with Gasteiger partial charge in [-0.05, 0) is 74.9 Å². The van der Waals surface area contributed by atoms with Crippen molar-refractivity contribution in [2.75, 3.05) is 49.1 Å². The third-order valence-electron chi connectivity index (χ3n) is 10.4. The van der Waals surface area contributed by atoms with E-state index in [-0.39, 0.29) is 24.2 Å². The molecule has 4 fully saturated rings. The minimum Gasteiger partial charge on any atom is -0.371 e. The van der Waals surface area contributed by atoms with E-state index in [1.165, 1.54) is 5.69 Å². The predicted octanol–water partition coefficient (Wildman–Crippen LogP) is 3.07. The van der Waals surface area contributed by atoms with Gasteiger partial charge in [-0.1, -0.05) is 12.1 Å². The summed E-state index contributed by atoms with van der Waals surface area (Å²) in [7, 11) is 0. The molecule has 228 valence electrons. The molecule has 2 aromatic rings. The second kappa shape index (κ2) is 11.0. The van der Waals surface area contributed by atoms with Crippen molar-refractivity contribution in [3.63, 3.8) is 0 Å². The van der Waals surface area contributed by atoms with Crippen LogP contribution in [-0.2, 0) is 15.0 Å². The fourth-order valence-corrected chi connectivity index (χ4v) is 7.48. The standard InChI is InChI=1S/C34H38N6O4/c1-2-37(24-5-3-23(4-6-24)34(21-35)13-14-34)18-22-19-39(20-22)25-11-15-38(16-12-25)26-7-8-27-28(17-26)33(44)40(32(27)43)29-9-10-30(41)36-31(29)42/h3-8,17,22,25,29H,2,9-16,18-20H2,1H3,(H,36,41,42). The van der Waals surface area contributed by atoms with Crippen LogP contribution in [0.2, 0.25) is 0 Å². The molecule has 4 heterocycles. The van der Waals surface area contributed by atoms with Crippen LogP contribution in [0.5, 0.6) is 0 Å². The molecule has 1 aliphatic carbocycles. The second-order valence-electron chi connectivity index (χ2n) is 13.0. The summed E-state index contributed by atoms with van der Waals surface area (Å²) in [6.07, 6.45) is 4.28. The van der Waals surface area contributed by atoms with Crippen LogP contribution in [-0.4, -0.2) is 84.8 Å². The lowest BCUT2D eigenvalue weighted by Gasteiger charge is -2.48. The maximum atomic E-state index is 13.2. The van der Waals surface area contributed by atoms with E-state index < -0.39 is 23.8 Å². The fourth-order valence-electron chi connectivity index (χ4n) is 7.48. The maximum absolute atomic E-state index is 13.2. The van der Waals surface area contributed by atoms with Gasteiger partial charge in [-0.25, -0.2) is 0 Å². The number of hydrogen-bond donors (Lipinski definition) is 1. The third-order valence-corrected chi connectivity index (χ3v) is 10.4. The molecule has 4 amide bonds. The Bertz CT molecular complexity index is 1550. The van der Waals surface area contributed by atoms with Crippen molar-refractivity contribution in [3.05, 3.63) is 59.2 Å². The van der Waals surface area contributed by atoms with Crippen LogP contribution in [0.1, 0.15) is 71.7 Å². The Morgan fingerprint density at radius 3 is 2.30 bits per heavy atom. The molecule has 0 bridgehead atoms. The molecule has 1 unspecified atom stereocenters. The summed E-state index contributed by atoms with van der Waals surface area (Å²) >= 11 is 0. The number of likely N-dealkylation sites (tertiary alicyclic amines) is 1. The molecule has 0 radical (unpaired) electrons. The predicted molar refractivity (Wildman–Crippen MR) is 164 cm³/mol. The molecule has 1 saturated carbocycles. The lowest BCUT2D eigenvalue weighted by Crippen LogP contribution is -2.57. The van der Waals surface area contributed by atoms with Crippen molar-refractivity contribution in [3.8, 4) is 6.07 Å². The third kappa shape index (κ3) is 4.93. The molecule has 44 heavy (non-hydrogen) atoms. The average molecular weight is 595 g/mol. The van der Waals surface area contributed by atoms with Crippen LogP contribution < -0.4 is 15.1 Å². The summed E-state index contributed by atoms with van der Waals surface area (Å²) in [6, 6.07) is 16.1. The van der Waals surface area contributed by atoms with Gasteiger partial charge in [0.25, 0.3) is 11.8 Å². The molecular formula is C34H38N6O4. The fraction of sp³-hybridized carbons (Fsp3) is 0.500. The number of imide groups is 2. The van der Waals surface area contributed by atoms with E-state index >= 15 is 0 Å². The van der Waals surface area contributed by atoms with Crippen molar-refractivity contribution in [1.29, 1.82) is 5.26 Å². The quantitative estimate of drug-likeness (QED) is 0.464. The smallest absolute Gasteiger partial charge is 0.262 e. The number of anilines is 2. The number of hydrogen-bond acceptors (Lipinski definition) is 8. The van der Waals surface area contributed by atoms with Crippen molar-refractivity contribution in [1.82, 2.24) is 15.1 Å². The Morgan fingerprint density at radius 1 is 0.955 bits per heavy atom. The first-order valence-corrected chi connectivity index (χ1v) is 15.9. The van der Waals surface area contributed by atoms with E-state index in [0.29, 0.717) is 23.1 Å². The number of nitrogens with one attached hydrogen (secondary N) is 1. The summed E-state index contributed by atoms with van der Waals surface area (Å²) in [6.45, 7) is 8.14. The molecule has 1 atom stereocenters. The molecule has 1 N–H and O–H groups in total. The number of fused-ring (bicyclic) bond motifs is 1. The van der Waals surface area contributed by atoms with Crippen LogP contribution in [0.4, 0.5) is 11.4 Å². The molecule has 5 aliphatic rings. The lowest BCUT2D eigenvalue weighted by atomic mass is 9.92. The zero-order chi connectivity index (χ0) is 30.6. The first kappa shape index (κ1) is 28.5. The largest absolute Gasteiger partial charge is 0.371 e. The van der Waals surface area contributed by atoms with Crippen molar-refractivity contribution in [2.24, 2.45) is 5.92 Å². The van der Waals surface area contributed by atoms with E-state index in [1.54, 1.807) is 12.1 Å². The van der Waals surface area contributed by atoms with Gasteiger partial charge in [0, 0.05) is 69.0 Å². The molecule has 4 aliphatic heterocycles. The summed E-state index contributed by atoms with van der Waals surface area (Å²) in [5.74, 6) is -1.27. The number of carbonyl (C=O) groups is 4. The van der Waals surface area contributed by atoms with E-state index in [2.05, 4.69) is 57.3 Å². The summed E-state index contributed by atoms with van der Waals surface area (Å²) in [5, 5.41) is 11.7. The minimum atomic E-state index is -0.950. The normalized spacial score (nSPS) is 23.7. The van der Waals surface area contributed by atoms with E-state index in [0.717, 1.165) is 81.1 Å². The highest BCUT2D eigenvalue weighted by molar-refractivity contribution is 6.23. The first-order chi connectivity index (χ1) is 21.3. The highest BCUT2D eigenvalue weighted by atomic mass is 16.2. The highest BCUT2D eigenvalue weighted by Crippen LogP contribution is 2.47. The number of amides is 4. The SMILES string of the molecule is CCN(CC1CN(C2CCN(c3ccc4c(c3)C(=O)N(C3CCC(=O)NC3=O)C4=O)CC2)C1)c1ccc(C2(C#N)CC2)cc1. The Hall–Kier alpha value is -4.23. The monoisotopic (exact) mass is 594 g/mol. The number of rotatable bonds is 8.